The fourth-order valence-electron chi connectivity index (χ4n) is 6.18. The molecule has 2 saturated heterocycles. The minimum Gasteiger partial charge on any atom is -0.449 e. The maximum Gasteiger partial charge on any atom is 0.339 e. The van der Waals surface area contributed by atoms with E-state index >= 15 is 0 Å². The number of esters is 1. The molecule has 4 aliphatic rings. The molecule has 0 N–H and O–H groups in total. The molecular weight excluding hydrogens is 468 g/mol. The van der Waals surface area contributed by atoms with Gasteiger partial charge >= 0.3 is 5.97 Å². The van der Waals surface area contributed by atoms with Crippen LogP contribution in [0.5, 0.6) is 0 Å². The Morgan fingerprint density at radius 1 is 0.973 bits per heavy atom. The predicted octanol–water partition coefficient (Wildman–Crippen LogP) is 3.11. The van der Waals surface area contributed by atoms with E-state index in [9.17, 15) is 14.4 Å². The second-order valence-corrected chi connectivity index (χ2v) is 11.4. The highest BCUT2D eigenvalue weighted by Crippen LogP contribution is 2.52. The van der Waals surface area contributed by atoms with E-state index in [0.717, 1.165) is 42.9 Å². The fourth-order valence-corrected chi connectivity index (χ4v) is 6.18. The second-order valence-electron chi connectivity index (χ2n) is 11.4. The zero-order valence-corrected chi connectivity index (χ0v) is 21.6. The smallest absolute Gasteiger partial charge is 0.339 e. The van der Waals surface area contributed by atoms with Gasteiger partial charge in [0.1, 0.15) is 5.82 Å². The number of nitrogens with zero attached hydrogens (tertiary/aromatic N) is 4. The molecule has 1 aromatic heterocycles. The lowest BCUT2D eigenvalue weighted by Crippen LogP contribution is -2.49. The lowest BCUT2D eigenvalue weighted by molar-refractivity contribution is -0.134. The lowest BCUT2D eigenvalue weighted by Gasteiger charge is -2.36. The number of carbonyl (C=O) groups excluding carboxylic acids is 3. The van der Waals surface area contributed by atoms with Crippen LogP contribution in [0, 0.1) is 5.92 Å². The molecule has 1 aliphatic carbocycles. The summed E-state index contributed by atoms with van der Waals surface area (Å²) in [6, 6.07) is 11.6. The van der Waals surface area contributed by atoms with Crippen LogP contribution >= 0.6 is 0 Å². The molecule has 0 radical (unpaired) electrons. The summed E-state index contributed by atoms with van der Waals surface area (Å²) in [7, 11) is 0. The van der Waals surface area contributed by atoms with Gasteiger partial charge in [0.15, 0.2) is 5.60 Å². The summed E-state index contributed by atoms with van der Waals surface area (Å²) in [6.07, 6.45) is 4.69. The first-order valence-corrected chi connectivity index (χ1v) is 13.4. The van der Waals surface area contributed by atoms with Crippen molar-refractivity contribution in [3.8, 4) is 0 Å². The van der Waals surface area contributed by atoms with Gasteiger partial charge in [-0.05, 0) is 36.5 Å². The molecule has 6 rings (SSSR count). The number of fused-ring (bicyclic) bond motifs is 2. The Bertz CT molecular complexity index is 1230. The molecule has 8 heteroatoms. The molecule has 37 heavy (non-hydrogen) atoms. The summed E-state index contributed by atoms with van der Waals surface area (Å²) >= 11 is 0. The average molecular weight is 503 g/mol. The van der Waals surface area contributed by atoms with Crippen LogP contribution in [0.25, 0.3) is 0 Å². The standard InChI is InChI=1S/C29H34N4O4/c1-20(2)17-25(34)32-15-13-31(14-16-32)24-8-7-21(18-30-24)28(9-10-28)27(36)33-12-11-29(19-33)23-6-4-3-5-22(23)26(35)37-29/h3-8,18,20H,9-17,19H2,1-2H3/t29-/m0/s1. The largest absolute Gasteiger partial charge is 0.449 e. The van der Waals surface area contributed by atoms with Crippen LogP contribution in [0.4, 0.5) is 5.82 Å². The quantitative estimate of drug-likeness (QED) is 0.585. The van der Waals surface area contributed by atoms with Crippen LogP contribution in [0.3, 0.4) is 0 Å². The van der Waals surface area contributed by atoms with E-state index in [0.29, 0.717) is 50.5 Å². The topological polar surface area (TPSA) is 83.0 Å². The van der Waals surface area contributed by atoms with Gasteiger partial charge in [0.2, 0.25) is 11.8 Å². The molecule has 3 aliphatic heterocycles. The van der Waals surface area contributed by atoms with Gasteiger partial charge in [-0.15, -0.1) is 0 Å². The number of benzene rings is 1. The molecule has 194 valence electrons. The Morgan fingerprint density at radius 3 is 2.41 bits per heavy atom. The number of rotatable bonds is 5. The summed E-state index contributed by atoms with van der Waals surface area (Å²) < 4.78 is 5.85. The zero-order valence-electron chi connectivity index (χ0n) is 21.6. The first-order chi connectivity index (χ1) is 17.8. The van der Waals surface area contributed by atoms with Crippen LogP contribution in [0.15, 0.2) is 42.6 Å². The number of anilines is 1. The molecule has 8 nitrogen and oxygen atoms in total. The van der Waals surface area contributed by atoms with E-state index in [1.54, 1.807) is 6.07 Å². The molecule has 1 saturated carbocycles. The normalized spacial score (nSPS) is 24.0. The van der Waals surface area contributed by atoms with Crippen molar-refractivity contribution >= 4 is 23.6 Å². The molecular formula is C29H34N4O4. The molecule has 0 bridgehead atoms. The number of amides is 2. The number of carbonyl (C=O) groups is 3. The highest BCUT2D eigenvalue weighted by Gasteiger charge is 2.57. The van der Waals surface area contributed by atoms with Gasteiger partial charge in [-0.1, -0.05) is 38.1 Å². The van der Waals surface area contributed by atoms with Crippen LogP contribution in [0.1, 0.15) is 61.0 Å². The highest BCUT2D eigenvalue weighted by atomic mass is 16.6. The van der Waals surface area contributed by atoms with Gasteiger partial charge in [0.05, 0.1) is 17.5 Å². The first-order valence-electron chi connectivity index (χ1n) is 13.4. The summed E-state index contributed by atoms with van der Waals surface area (Å²) in [5, 5.41) is 0. The number of likely N-dealkylation sites (tertiary alicyclic amines) is 1. The summed E-state index contributed by atoms with van der Waals surface area (Å²) in [5.74, 6) is 1.30. The number of hydrogen-bond donors (Lipinski definition) is 0. The highest BCUT2D eigenvalue weighted by molar-refractivity contribution is 5.96. The molecule has 2 amide bonds. The van der Waals surface area contributed by atoms with Crippen LogP contribution < -0.4 is 4.90 Å². The van der Waals surface area contributed by atoms with Crippen LogP contribution in [0.2, 0.25) is 0 Å². The third-order valence-electron chi connectivity index (χ3n) is 8.44. The number of pyridine rings is 1. The van der Waals surface area contributed by atoms with Crippen LogP contribution in [-0.2, 0) is 25.3 Å². The van der Waals surface area contributed by atoms with E-state index in [-0.39, 0.29) is 17.8 Å². The van der Waals surface area contributed by atoms with Gasteiger partial charge in [0.25, 0.3) is 0 Å². The lowest BCUT2D eigenvalue weighted by atomic mass is 9.91. The average Bonchev–Trinajstić information content (AvgIpc) is 3.54. The summed E-state index contributed by atoms with van der Waals surface area (Å²) in [4.78, 5) is 49.3. The van der Waals surface area contributed by atoms with E-state index in [1.807, 2.05) is 46.3 Å². The Labute approximate surface area is 217 Å². The van der Waals surface area contributed by atoms with Crippen molar-refractivity contribution in [1.82, 2.24) is 14.8 Å². The Kier molecular flexibility index (Phi) is 5.73. The third-order valence-corrected chi connectivity index (χ3v) is 8.44. The fraction of sp³-hybridized carbons (Fsp3) is 0.517. The molecule has 2 aromatic rings. The summed E-state index contributed by atoms with van der Waals surface area (Å²) in [6.45, 7) is 8.06. The van der Waals surface area contributed by atoms with Gasteiger partial charge in [-0.2, -0.15) is 0 Å². The monoisotopic (exact) mass is 502 g/mol. The number of ether oxygens (including phenoxy) is 1. The molecule has 1 aromatic carbocycles. The molecule has 3 fully saturated rings. The van der Waals surface area contributed by atoms with Crippen molar-refractivity contribution < 1.29 is 19.1 Å². The van der Waals surface area contributed by atoms with Gasteiger partial charge in [0, 0.05) is 57.3 Å². The van der Waals surface area contributed by atoms with Crippen molar-refractivity contribution in [2.75, 3.05) is 44.2 Å². The van der Waals surface area contributed by atoms with Gasteiger partial charge < -0.3 is 19.4 Å². The predicted molar refractivity (Wildman–Crippen MR) is 138 cm³/mol. The number of aromatic nitrogens is 1. The minimum atomic E-state index is -0.722. The van der Waals surface area contributed by atoms with E-state index in [1.165, 1.54) is 0 Å². The third kappa shape index (κ3) is 4.06. The Balaban J connectivity index is 1.11. The maximum atomic E-state index is 13.7. The molecule has 4 heterocycles. The molecule has 1 atom stereocenters. The van der Waals surface area contributed by atoms with Crippen LogP contribution in [-0.4, -0.2) is 71.8 Å². The molecule has 1 spiro atoms. The Morgan fingerprint density at radius 2 is 1.73 bits per heavy atom. The van der Waals surface area contributed by atoms with Crippen molar-refractivity contribution in [1.29, 1.82) is 0 Å². The van der Waals surface area contributed by atoms with E-state index < -0.39 is 11.0 Å². The molecule has 0 unspecified atom stereocenters. The van der Waals surface area contributed by atoms with Gasteiger partial charge in [-0.25, -0.2) is 9.78 Å². The van der Waals surface area contributed by atoms with E-state index in [2.05, 4.69) is 18.7 Å². The minimum absolute atomic E-state index is 0.108. The number of piperazine rings is 1. The second kappa shape index (κ2) is 8.85. The zero-order chi connectivity index (χ0) is 25.8. The van der Waals surface area contributed by atoms with Crippen molar-refractivity contribution in [2.24, 2.45) is 5.92 Å². The van der Waals surface area contributed by atoms with Crippen molar-refractivity contribution in [3.63, 3.8) is 0 Å². The van der Waals surface area contributed by atoms with Crippen molar-refractivity contribution in [2.45, 2.75) is 50.5 Å². The first kappa shape index (κ1) is 23.9. The van der Waals surface area contributed by atoms with E-state index in [4.69, 9.17) is 9.72 Å². The van der Waals surface area contributed by atoms with Crippen molar-refractivity contribution in [3.05, 3.63) is 59.3 Å². The number of hydrogen-bond acceptors (Lipinski definition) is 6. The Hall–Kier alpha value is -3.42. The summed E-state index contributed by atoms with van der Waals surface area (Å²) in [5.41, 5.74) is 1.22. The SMILES string of the molecule is CC(C)CC(=O)N1CCN(c2ccc(C3(C(=O)N4CC[C@@]5(C4)OC(=O)c4ccccc45)CC3)cn2)CC1. The maximum absolute atomic E-state index is 13.7. The van der Waals surface area contributed by atoms with Gasteiger partial charge in [-0.3, -0.25) is 9.59 Å².